The minimum atomic E-state index is 0.501. The summed E-state index contributed by atoms with van der Waals surface area (Å²) in [7, 11) is 0. The number of benzene rings is 2. The lowest BCUT2D eigenvalue weighted by molar-refractivity contribution is 1.58. The fourth-order valence-corrected chi connectivity index (χ4v) is 2.22. The third-order valence-electron chi connectivity index (χ3n) is 2.20. The molecular weight excluding hydrogens is 332 g/mol. The van der Waals surface area contributed by atoms with Gasteiger partial charge in [0.2, 0.25) is 0 Å². The van der Waals surface area contributed by atoms with Crippen LogP contribution in [0.15, 0.2) is 53.0 Å². The Labute approximate surface area is 124 Å². The van der Waals surface area contributed by atoms with Crippen LogP contribution in [0.4, 0.5) is 11.4 Å². The van der Waals surface area contributed by atoms with Crippen LogP contribution in [0.5, 0.6) is 0 Å². The average molecular weight is 342 g/mol. The first-order valence-electron chi connectivity index (χ1n) is 5.23. The van der Waals surface area contributed by atoms with Gasteiger partial charge in [-0.2, -0.15) is 0 Å². The van der Waals surface area contributed by atoms with Crippen LogP contribution in [0.1, 0.15) is 0 Å². The van der Waals surface area contributed by atoms with E-state index in [9.17, 15) is 0 Å². The lowest BCUT2D eigenvalue weighted by Gasteiger charge is -2.11. The Morgan fingerprint density at radius 2 is 1.83 bits per heavy atom. The van der Waals surface area contributed by atoms with Crippen LogP contribution in [0.2, 0.25) is 5.02 Å². The maximum atomic E-state index is 6.04. The van der Waals surface area contributed by atoms with Crippen molar-refractivity contribution >= 4 is 56.2 Å². The summed E-state index contributed by atoms with van der Waals surface area (Å²) in [5.74, 6) is 0. The highest BCUT2D eigenvalue weighted by molar-refractivity contribution is 9.10. The van der Waals surface area contributed by atoms with Crippen molar-refractivity contribution in [2.75, 3.05) is 10.6 Å². The van der Waals surface area contributed by atoms with Gasteiger partial charge in [0.25, 0.3) is 0 Å². The highest BCUT2D eigenvalue weighted by Gasteiger charge is 2.02. The average Bonchev–Trinajstić information content (AvgIpc) is 2.32. The predicted octanol–water partition coefficient (Wildman–Crippen LogP) is 4.91. The summed E-state index contributed by atoms with van der Waals surface area (Å²) >= 11 is 14.7. The van der Waals surface area contributed by atoms with Gasteiger partial charge in [0.1, 0.15) is 0 Å². The van der Waals surface area contributed by atoms with Gasteiger partial charge in [0, 0.05) is 10.2 Å². The molecule has 2 rings (SSSR count). The molecular formula is C13H10BrClN2S. The van der Waals surface area contributed by atoms with E-state index in [0.717, 1.165) is 15.8 Å². The van der Waals surface area contributed by atoms with Gasteiger partial charge in [-0.05, 0) is 42.5 Å². The third kappa shape index (κ3) is 3.70. The molecule has 0 bridgehead atoms. The lowest BCUT2D eigenvalue weighted by Crippen LogP contribution is -2.19. The monoisotopic (exact) mass is 340 g/mol. The maximum Gasteiger partial charge on any atom is 0.175 e. The molecule has 0 radical (unpaired) electrons. The third-order valence-corrected chi connectivity index (χ3v) is 3.23. The van der Waals surface area contributed by atoms with E-state index < -0.39 is 0 Å². The van der Waals surface area contributed by atoms with Crippen molar-refractivity contribution in [2.45, 2.75) is 0 Å². The van der Waals surface area contributed by atoms with E-state index in [2.05, 4.69) is 26.6 Å². The first-order chi connectivity index (χ1) is 8.65. The standard InChI is InChI=1S/C13H10BrClN2S/c14-9-4-3-5-10(8-9)16-13(18)17-12-7-2-1-6-11(12)15/h1-8H,(H2,16,17,18). The van der Waals surface area contributed by atoms with E-state index in [-0.39, 0.29) is 0 Å². The van der Waals surface area contributed by atoms with Crippen LogP contribution in [-0.2, 0) is 0 Å². The van der Waals surface area contributed by atoms with Crippen LogP contribution in [-0.4, -0.2) is 5.11 Å². The molecule has 0 fully saturated rings. The van der Waals surface area contributed by atoms with Crippen LogP contribution in [0.3, 0.4) is 0 Å². The fraction of sp³-hybridized carbons (Fsp3) is 0. The van der Waals surface area contributed by atoms with Crippen LogP contribution >= 0.6 is 39.7 Å². The Hall–Kier alpha value is -1.10. The number of nitrogens with one attached hydrogen (secondary N) is 2. The van der Waals surface area contributed by atoms with Gasteiger partial charge in [-0.15, -0.1) is 0 Å². The molecule has 0 atom stereocenters. The summed E-state index contributed by atoms with van der Waals surface area (Å²) in [6.07, 6.45) is 0. The molecule has 0 saturated heterocycles. The number of anilines is 2. The molecule has 0 aliphatic heterocycles. The van der Waals surface area contributed by atoms with Gasteiger partial charge in [-0.3, -0.25) is 0 Å². The molecule has 2 nitrogen and oxygen atoms in total. The Kier molecular flexibility index (Phi) is 4.58. The van der Waals surface area contributed by atoms with Crippen LogP contribution in [0, 0.1) is 0 Å². The molecule has 0 aromatic heterocycles. The molecule has 0 saturated carbocycles. The van der Waals surface area contributed by atoms with E-state index in [1.807, 2.05) is 48.5 Å². The smallest absolute Gasteiger partial charge is 0.175 e. The quantitative estimate of drug-likeness (QED) is 0.759. The topological polar surface area (TPSA) is 24.1 Å². The molecule has 2 N–H and O–H groups in total. The minimum absolute atomic E-state index is 0.501. The summed E-state index contributed by atoms with van der Waals surface area (Å²) in [6, 6.07) is 15.2. The molecule has 0 unspecified atom stereocenters. The Morgan fingerprint density at radius 3 is 2.56 bits per heavy atom. The number of thiocarbonyl (C=S) groups is 1. The Morgan fingerprint density at radius 1 is 1.06 bits per heavy atom. The molecule has 0 heterocycles. The van der Waals surface area contributed by atoms with Crippen molar-refractivity contribution in [3.8, 4) is 0 Å². The van der Waals surface area contributed by atoms with Gasteiger partial charge in [0.15, 0.2) is 5.11 Å². The highest BCUT2D eigenvalue weighted by atomic mass is 79.9. The van der Waals surface area contributed by atoms with Gasteiger partial charge in [-0.25, -0.2) is 0 Å². The maximum absolute atomic E-state index is 6.04. The van der Waals surface area contributed by atoms with Gasteiger partial charge in [0.05, 0.1) is 10.7 Å². The summed E-state index contributed by atoms with van der Waals surface area (Å²) in [5.41, 5.74) is 1.69. The zero-order valence-electron chi connectivity index (χ0n) is 9.28. The second kappa shape index (κ2) is 6.18. The van der Waals surface area contributed by atoms with Crippen molar-refractivity contribution in [2.24, 2.45) is 0 Å². The normalized spacial score (nSPS) is 9.89. The molecule has 0 amide bonds. The minimum Gasteiger partial charge on any atom is -0.332 e. The van der Waals surface area contributed by atoms with E-state index in [4.69, 9.17) is 23.8 Å². The lowest BCUT2D eigenvalue weighted by atomic mass is 10.3. The van der Waals surface area contributed by atoms with Crippen molar-refractivity contribution < 1.29 is 0 Å². The van der Waals surface area contributed by atoms with Gasteiger partial charge >= 0.3 is 0 Å². The second-order valence-corrected chi connectivity index (χ2v) is 5.30. The zero-order valence-corrected chi connectivity index (χ0v) is 12.4. The van der Waals surface area contributed by atoms with Gasteiger partial charge < -0.3 is 10.6 Å². The molecule has 18 heavy (non-hydrogen) atoms. The predicted molar refractivity (Wildman–Crippen MR) is 85.4 cm³/mol. The number of halogens is 2. The van der Waals surface area contributed by atoms with E-state index in [1.165, 1.54) is 0 Å². The largest absolute Gasteiger partial charge is 0.332 e. The van der Waals surface area contributed by atoms with Crippen molar-refractivity contribution in [1.29, 1.82) is 0 Å². The number of para-hydroxylation sites is 1. The molecule has 92 valence electrons. The molecule has 0 spiro atoms. The molecule has 2 aromatic carbocycles. The summed E-state index contributed by atoms with van der Waals surface area (Å²) in [5, 5.41) is 7.28. The fourth-order valence-electron chi connectivity index (χ4n) is 1.41. The molecule has 2 aromatic rings. The van der Waals surface area contributed by atoms with Crippen LogP contribution < -0.4 is 10.6 Å². The van der Waals surface area contributed by atoms with Gasteiger partial charge in [-0.1, -0.05) is 45.7 Å². The Bertz CT molecular complexity index is 574. The van der Waals surface area contributed by atoms with Crippen LogP contribution in [0.25, 0.3) is 0 Å². The first-order valence-corrected chi connectivity index (χ1v) is 6.81. The van der Waals surface area contributed by atoms with E-state index in [1.54, 1.807) is 0 Å². The molecule has 5 heteroatoms. The van der Waals surface area contributed by atoms with Crippen molar-refractivity contribution in [3.05, 3.63) is 58.0 Å². The summed E-state index contributed by atoms with van der Waals surface area (Å²) in [4.78, 5) is 0. The molecule has 0 aliphatic rings. The SMILES string of the molecule is S=C(Nc1cccc(Br)c1)Nc1ccccc1Cl. The number of rotatable bonds is 2. The zero-order chi connectivity index (χ0) is 13.0. The summed E-state index contributed by atoms with van der Waals surface area (Å²) in [6.45, 7) is 0. The first kappa shape index (κ1) is 13.3. The van der Waals surface area contributed by atoms with E-state index in [0.29, 0.717) is 10.1 Å². The highest BCUT2D eigenvalue weighted by Crippen LogP contribution is 2.21. The van der Waals surface area contributed by atoms with Crippen molar-refractivity contribution in [3.63, 3.8) is 0 Å². The van der Waals surface area contributed by atoms with Crippen molar-refractivity contribution in [1.82, 2.24) is 0 Å². The number of hydrogen-bond donors (Lipinski definition) is 2. The molecule has 0 aliphatic carbocycles. The number of hydrogen-bond acceptors (Lipinski definition) is 1. The van der Waals surface area contributed by atoms with E-state index >= 15 is 0 Å². The summed E-state index contributed by atoms with van der Waals surface area (Å²) < 4.78 is 0.994. The second-order valence-electron chi connectivity index (χ2n) is 3.57. The Balaban J connectivity index is 2.03.